The summed E-state index contributed by atoms with van der Waals surface area (Å²) in [5, 5.41) is 15.2. The van der Waals surface area contributed by atoms with Gasteiger partial charge in [0.25, 0.3) is 0 Å². The molecular weight excluding hydrogens is 480 g/mol. The SMILES string of the molecule is Cc1c(Nc2c(C#N)cnc3sc(-c4cccc(NS(=O)(=O)N(C)C)c4)cc23)ccc2[nH]ccc12. The highest BCUT2D eigenvalue weighted by molar-refractivity contribution is 7.90. The van der Waals surface area contributed by atoms with Crippen molar-refractivity contribution < 1.29 is 8.42 Å². The van der Waals surface area contributed by atoms with Crippen LogP contribution in [0.3, 0.4) is 0 Å². The monoisotopic (exact) mass is 502 g/mol. The van der Waals surface area contributed by atoms with Crippen LogP contribution in [0.25, 0.3) is 31.6 Å². The molecule has 0 spiro atoms. The van der Waals surface area contributed by atoms with E-state index >= 15 is 0 Å². The van der Waals surface area contributed by atoms with E-state index in [-0.39, 0.29) is 0 Å². The van der Waals surface area contributed by atoms with Crippen LogP contribution in [0.15, 0.2) is 60.9 Å². The molecule has 0 saturated heterocycles. The van der Waals surface area contributed by atoms with Gasteiger partial charge in [-0.1, -0.05) is 12.1 Å². The number of fused-ring (bicyclic) bond motifs is 2. The van der Waals surface area contributed by atoms with Crippen LogP contribution in [0.4, 0.5) is 17.1 Å². The summed E-state index contributed by atoms with van der Waals surface area (Å²) in [7, 11) is -0.669. The molecule has 0 radical (unpaired) electrons. The molecule has 5 aromatic rings. The number of anilines is 3. The molecule has 0 amide bonds. The van der Waals surface area contributed by atoms with E-state index in [9.17, 15) is 13.7 Å². The van der Waals surface area contributed by atoms with Crippen molar-refractivity contribution in [2.75, 3.05) is 24.1 Å². The Bertz CT molecular complexity index is 1730. The average Bonchev–Trinajstić information content (AvgIpc) is 3.48. The van der Waals surface area contributed by atoms with E-state index in [0.29, 0.717) is 16.9 Å². The maximum Gasteiger partial charge on any atom is 0.301 e. The van der Waals surface area contributed by atoms with Crippen molar-refractivity contribution in [3.63, 3.8) is 0 Å². The van der Waals surface area contributed by atoms with E-state index in [2.05, 4.69) is 26.1 Å². The van der Waals surface area contributed by atoms with Crippen molar-refractivity contribution in [2.24, 2.45) is 0 Å². The Balaban J connectivity index is 1.57. The molecule has 5 rings (SSSR count). The second-order valence-electron chi connectivity index (χ2n) is 8.26. The number of rotatable bonds is 6. The largest absolute Gasteiger partial charge is 0.361 e. The number of thiophene rings is 1. The summed E-state index contributed by atoms with van der Waals surface area (Å²) < 4.78 is 28.2. The molecule has 176 valence electrons. The van der Waals surface area contributed by atoms with Crippen molar-refractivity contribution in [3.05, 3.63) is 72.1 Å². The van der Waals surface area contributed by atoms with Crippen LogP contribution in [-0.4, -0.2) is 36.8 Å². The van der Waals surface area contributed by atoms with Gasteiger partial charge in [-0.25, -0.2) is 4.98 Å². The molecule has 0 bridgehead atoms. The fourth-order valence-electron chi connectivity index (χ4n) is 3.88. The Morgan fingerprint density at radius 3 is 2.71 bits per heavy atom. The van der Waals surface area contributed by atoms with Crippen LogP contribution in [0.5, 0.6) is 0 Å². The number of nitrogens with zero attached hydrogens (tertiary/aromatic N) is 3. The van der Waals surface area contributed by atoms with Gasteiger partial charge in [0.15, 0.2) is 0 Å². The number of aryl methyl sites for hydroxylation is 1. The number of pyridine rings is 1. The van der Waals surface area contributed by atoms with Crippen LogP contribution >= 0.6 is 11.3 Å². The number of hydrogen-bond donors (Lipinski definition) is 3. The maximum absolute atomic E-state index is 12.2. The molecule has 3 N–H and O–H groups in total. The van der Waals surface area contributed by atoms with Crippen molar-refractivity contribution in [1.29, 1.82) is 5.26 Å². The molecule has 8 nitrogen and oxygen atoms in total. The summed E-state index contributed by atoms with van der Waals surface area (Å²) in [4.78, 5) is 9.41. The predicted molar refractivity (Wildman–Crippen MR) is 142 cm³/mol. The highest BCUT2D eigenvalue weighted by atomic mass is 32.2. The normalized spacial score (nSPS) is 11.7. The highest BCUT2D eigenvalue weighted by Crippen LogP contribution is 2.39. The third-order valence-corrected chi connectivity index (χ3v) is 8.37. The number of aromatic amines is 1. The first kappa shape index (κ1) is 22.9. The van der Waals surface area contributed by atoms with Crippen molar-refractivity contribution >= 4 is 59.7 Å². The first-order valence-electron chi connectivity index (χ1n) is 10.7. The van der Waals surface area contributed by atoms with Gasteiger partial charge in [-0.05, 0) is 54.4 Å². The molecule has 10 heteroatoms. The van der Waals surface area contributed by atoms with Gasteiger partial charge in [0.05, 0.1) is 16.9 Å². The minimum absolute atomic E-state index is 0.447. The van der Waals surface area contributed by atoms with Gasteiger partial charge in [-0.15, -0.1) is 11.3 Å². The Kier molecular flexibility index (Phi) is 5.68. The zero-order chi connectivity index (χ0) is 24.7. The first-order valence-corrected chi connectivity index (χ1v) is 13.0. The van der Waals surface area contributed by atoms with Gasteiger partial charge in [0.1, 0.15) is 10.9 Å². The lowest BCUT2D eigenvalue weighted by molar-refractivity contribution is 0.527. The van der Waals surface area contributed by atoms with E-state index < -0.39 is 10.2 Å². The molecule has 35 heavy (non-hydrogen) atoms. The Morgan fingerprint density at radius 1 is 1.11 bits per heavy atom. The van der Waals surface area contributed by atoms with Gasteiger partial charge in [-0.2, -0.15) is 18.0 Å². The van der Waals surface area contributed by atoms with Crippen LogP contribution in [0.2, 0.25) is 0 Å². The van der Waals surface area contributed by atoms with Crippen molar-refractivity contribution in [3.8, 4) is 16.5 Å². The summed E-state index contributed by atoms with van der Waals surface area (Å²) in [5.74, 6) is 0. The summed E-state index contributed by atoms with van der Waals surface area (Å²) in [5.41, 5.74) is 5.50. The Labute approximate surface area is 207 Å². The number of nitriles is 1. The van der Waals surface area contributed by atoms with E-state index in [4.69, 9.17) is 0 Å². The van der Waals surface area contributed by atoms with Crippen molar-refractivity contribution in [1.82, 2.24) is 14.3 Å². The van der Waals surface area contributed by atoms with Gasteiger partial charge in [0, 0.05) is 53.3 Å². The lowest BCUT2D eigenvalue weighted by Crippen LogP contribution is -2.28. The number of aromatic nitrogens is 2. The van der Waals surface area contributed by atoms with E-state index in [1.165, 1.54) is 25.4 Å². The summed E-state index contributed by atoms with van der Waals surface area (Å²) in [6.45, 7) is 2.04. The van der Waals surface area contributed by atoms with Crippen LogP contribution < -0.4 is 10.0 Å². The molecular formula is C25H22N6O2S2. The standard InChI is InChI=1S/C25H22N6O2S2/c1-15-19-9-10-27-22(19)8-7-21(15)29-24-17(13-26)14-28-25-20(24)12-23(34-25)16-5-4-6-18(11-16)30-35(32,33)31(2)3/h4-12,14,27,30H,1-3H3,(H,28,29). The Morgan fingerprint density at radius 2 is 1.94 bits per heavy atom. The zero-order valence-corrected chi connectivity index (χ0v) is 20.9. The topological polar surface area (TPSA) is 114 Å². The van der Waals surface area contributed by atoms with E-state index in [1.54, 1.807) is 24.4 Å². The molecule has 2 aromatic carbocycles. The second kappa shape index (κ2) is 8.70. The fraction of sp³-hybridized carbons (Fsp3) is 0.120. The van der Waals surface area contributed by atoms with Gasteiger partial charge in [0.2, 0.25) is 0 Å². The molecule has 0 aliphatic rings. The molecule has 0 aliphatic heterocycles. The third-order valence-electron chi connectivity index (χ3n) is 5.82. The number of benzene rings is 2. The summed E-state index contributed by atoms with van der Waals surface area (Å²) in [6, 6.07) is 17.5. The molecule has 3 aromatic heterocycles. The quantitative estimate of drug-likeness (QED) is 0.280. The smallest absolute Gasteiger partial charge is 0.301 e. The maximum atomic E-state index is 12.2. The highest BCUT2D eigenvalue weighted by Gasteiger charge is 2.17. The number of nitrogens with one attached hydrogen (secondary N) is 3. The summed E-state index contributed by atoms with van der Waals surface area (Å²) in [6.07, 6.45) is 3.49. The van der Waals surface area contributed by atoms with Crippen LogP contribution in [0, 0.1) is 18.3 Å². The molecule has 3 heterocycles. The minimum Gasteiger partial charge on any atom is -0.361 e. The van der Waals surface area contributed by atoms with Crippen LogP contribution in [-0.2, 0) is 10.2 Å². The van der Waals surface area contributed by atoms with E-state index in [0.717, 1.165) is 47.1 Å². The fourth-order valence-corrected chi connectivity index (χ4v) is 5.49. The minimum atomic E-state index is -3.61. The Hall–Kier alpha value is -3.91. The number of hydrogen-bond acceptors (Lipinski definition) is 6. The van der Waals surface area contributed by atoms with Crippen LogP contribution in [0.1, 0.15) is 11.1 Å². The average molecular weight is 503 g/mol. The lowest BCUT2D eigenvalue weighted by Gasteiger charge is -2.13. The molecule has 0 atom stereocenters. The lowest BCUT2D eigenvalue weighted by atomic mass is 10.1. The molecule has 0 fully saturated rings. The van der Waals surface area contributed by atoms with Gasteiger partial charge >= 0.3 is 10.2 Å². The zero-order valence-electron chi connectivity index (χ0n) is 19.2. The predicted octanol–water partition coefficient (Wildman–Crippen LogP) is 5.59. The second-order valence-corrected chi connectivity index (χ2v) is 11.2. The van der Waals surface area contributed by atoms with Gasteiger partial charge in [-0.3, -0.25) is 4.72 Å². The number of H-pyrrole nitrogens is 1. The first-order chi connectivity index (χ1) is 16.8. The summed E-state index contributed by atoms with van der Waals surface area (Å²) >= 11 is 1.48. The molecule has 0 unspecified atom stereocenters. The molecule has 0 aliphatic carbocycles. The van der Waals surface area contributed by atoms with Gasteiger partial charge < -0.3 is 10.3 Å². The van der Waals surface area contributed by atoms with E-state index in [1.807, 2.05) is 43.5 Å². The third kappa shape index (κ3) is 4.21. The molecule has 0 saturated carbocycles. The van der Waals surface area contributed by atoms with Crippen molar-refractivity contribution in [2.45, 2.75) is 6.92 Å².